The summed E-state index contributed by atoms with van der Waals surface area (Å²) in [6.45, 7) is 4.79. The molecule has 5 nitrogen and oxygen atoms in total. The molecule has 0 amide bonds. The maximum atomic E-state index is 12.5. The van der Waals surface area contributed by atoms with Crippen molar-refractivity contribution in [1.82, 2.24) is 9.03 Å². The molecule has 6 heteroatoms. The number of hydrogen-bond donors (Lipinski definition) is 2. The molecule has 1 aliphatic rings. The van der Waals surface area contributed by atoms with Gasteiger partial charge in [-0.1, -0.05) is 38.1 Å². The summed E-state index contributed by atoms with van der Waals surface area (Å²) in [4.78, 5) is 0. The maximum Gasteiger partial charge on any atom is 0.280 e. The first-order valence-corrected chi connectivity index (χ1v) is 8.83. The molecule has 1 heterocycles. The monoisotopic (exact) mass is 312 g/mol. The van der Waals surface area contributed by atoms with E-state index in [1.165, 1.54) is 9.87 Å². The second-order valence-corrected chi connectivity index (χ2v) is 7.54. The molecular weight excluding hydrogens is 288 g/mol. The maximum absolute atomic E-state index is 12.5. The Kier molecular flexibility index (Phi) is 5.37. The first-order valence-electron chi connectivity index (χ1n) is 7.39. The number of benzene rings is 1. The number of rotatable bonds is 6. The van der Waals surface area contributed by atoms with Crippen LogP contribution in [0.2, 0.25) is 0 Å². The Morgan fingerprint density at radius 1 is 1.29 bits per heavy atom. The van der Waals surface area contributed by atoms with E-state index in [1.54, 1.807) is 0 Å². The van der Waals surface area contributed by atoms with Crippen molar-refractivity contribution in [1.29, 1.82) is 0 Å². The molecule has 0 bridgehead atoms. The number of nitrogens with one attached hydrogen (secondary N) is 1. The highest BCUT2D eigenvalue weighted by atomic mass is 32.2. The largest absolute Gasteiger partial charge is 0.396 e. The molecule has 21 heavy (non-hydrogen) atoms. The van der Waals surface area contributed by atoms with Crippen molar-refractivity contribution in [3.05, 3.63) is 35.4 Å². The molecule has 2 N–H and O–H groups in total. The molecule has 0 radical (unpaired) electrons. The smallest absolute Gasteiger partial charge is 0.280 e. The van der Waals surface area contributed by atoms with Gasteiger partial charge in [0.25, 0.3) is 10.2 Å². The number of nitrogens with zero attached hydrogens (tertiary/aromatic N) is 1. The van der Waals surface area contributed by atoms with Crippen molar-refractivity contribution in [3.8, 4) is 0 Å². The lowest BCUT2D eigenvalue weighted by Crippen LogP contribution is -2.48. The van der Waals surface area contributed by atoms with E-state index in [-0.39, 0.29) is 18.6 Å². The molecule has 2 rings (SSSR count). The predicted octanol–water partition coefficient (Wildman–Crippen LogP) is 1.29. The highest BCUT2D eigenvalue weighted by Crippen LogP contribution is 2.21. The number of hydrogen-bond acceptors (Lipinski definition) is 3. The van der Waals surface area contributed by atoms with Crippen molar-refractivity contribution in [2.45, 2.75) is 39.3 Å². The Hall–Kier alpha value is -0.950. The summed E-state index contributed by atoms with van der Waals surface area (Å²) in [7, 11) is -3.52. The normalized spacial score (nSPS) is 17.7. The molecule has 1 atom stereocenters. The van der Waals surface area contributed by atoms with E-state index in [0.717, 1.165) is 12.0 Å². The number of aliphatic hydroxyl groups is 1. The van der Waals surface area contributed by atoms with Gasteiger partial charge in [-0.05, 0) is 29.9 Å². The minimum absolute atomic E-state index is 0.0196. The Balaban J connectivity index is 2.10. The van der Waals surface area contributed by atoms with E-state index < -0.39 is 10.2 Å². The lowest BCUT2D eigenvalue weighted by atomic mass is 10.0. The Labute approximate surface area is 127 Å². The van der Waals surface area contributed by atoms with Gasteiger partial charge < -0.3 is 5.11 Å². The van der Waals surface area contributed by atoms with Crippen LogP contribution in [0.4, 0.5) is 0 Å². The van der Waals surface area contributed by atoms with Gasteiger partial charge in [0.1, 0.15) is 0 Å². The molecule has 1 aromatic carbocycles. The zero-order chi connectivity index (χ0) is 15.5. The minimum atomic E-state index is -3.52. The van der Waals surface area contributed by atoms with Crippen molar-refractivity contribution < 1.29 is 13.5 Å². The molecule has 0 saturated carbocycles. The third-order valence-electron chi connectivity index (χ3n) is 3.98. The lowest BCUT2D eigenvalue weighted by Gasteiger charge is -2.31. The van der Waals surface area contributed by atoms with Crippen LogP contribution in [0, 0.1) is 5.92 Å². The van der Waals surface area contributed by atoms with Gasteiger partial charge in [-0.2, -0.15) is 17.4 Å². The standard InChI is InChI=1S/C15H24N2O3S/c1-12(2)15(8-10-18)16-21(19,20)17-9-7-13-5-3-4-6-14(13)11-17/h3-6,12,15-16,18H,7-11H2,1-2H3. The van der Waals surface area contributed by atoms with Crippen LogP contribution in [-0.2, 0) is 23.2 Å². The summed E-state index contributed by atoms with van der Waals surface area (Å²) < 4.78 is 29.3. The van der Waals surface area contributed by atoms with E-state index in [2.05, 4.69) is 10.8 Å². The van der Waals surface area contributed by atoms with Crippen LogP contribution < -0.4 is 4.72 Å². The van der Waals surface area contributed by atoms with Crippen molar-refractivity contribution in [2.24, 2.45) is 5.92 Å². The SMILES string of the molecule is CC(C)C(CCO)NS(=O)(=O)N1CCc2ccccc2C1. The Morgan fingerprint density at radius 2 is 1.95 bits per heavy atom. The average molecular weight is 312 g/mol. The van der Waals surface area contributed by atoms with Gasteiger partial charge >= 0.3 is 0 Å². The molecule has 1 unspecified atom stereocenters. The fraction of sp³-hybridized carbons (Fsp3) is 0.600. The Morgan fingerprint density at radius 3 is 2.57 bits per heavy atom. The summed E-state index contributed by atoms with van der Waals surface area (Å²) in [5.41, 5.74) is 2.29. The molecule has 0 fully saturated rings. The average Bonchev–Trinajstić information content (AvgIpc) is 2.46. The van der Waals surface area contributed by atoms with Gasteiger partial charge in [0.15, 0.2) is 0 Å². The van der Waals surface area contributed by atoms with Crippen LogP contribution in [0.15, 0.2) is 24.3 Å². The van der Waals surface area contributed by atoms with Gasteiger partial charge in [0, 0.05) is 25.7 Å². The molecule has 0 spiro atoms. The summed E-state index contributed by atoms with van der Waals surface area (Å²) in [5.74, 6) is 0.143. The van der Waals surface area contributed by atoms with E-state index in [0.29, 0.717) is 19.5 Å². The molecule has 0 aliphatic carbocycles. The van der Waals surface area contributed by atoms with Crippen LogP contribution in [0.3, 0.4) is 0 Å². The fourth-order valence-electron chi connectivity index (χ4n) is 2.61. The fourth-order valence-corrected chi connectivity index (χ4v) is 4.17. The zero-order valence-corrected chi connectivity index (χ0v) is 13.4. The van der Waals surface area contributed by atoms with Crippen LogP contribution in [0.1, 0.15) is 31.4 Å². The van der Waals surface area contributed by atoms with E-state index in [1.807, 2.05) is 32.0 Å². The third-order valence-corrected chi connectivity index (χ3v) is 5.57. The minimum Gasteiger partial charge on any atom is -0.396 e. The predicted molar refractivity (Wildman–Crippen MR) is 82.9 cm³/mol. The topological polar surface area (TPSA) is 69.6 Å². The number of fused-ring (bicyclic) bond motifs is 1. The zero-order valence-electron chi connectivity index (χ0n) is 12.6. The second-order valence-electron chi connectivity index (χ2n) is 5.84. The number of aliphatic hydroxyl groups excluding tert-OH is 1. The Bertz CT molecular complexity index is 572. The molecule has 1 aliphatic heterocycles. The molecular formula is C15H24N2O3S. The molecule has 118 valence electrons. The van der Waals surface area contributed by atoms with Crippen LogP contribution >= 0.6 is 0 Å². The first-order chi connectivity index (χ1) is 9.94. The van der Waals surface area contributed by atoms with Crippen LogP contribution in [-0.4, -0.2) is 37.0 Å². The molecule has 0 aromatic heterocycles. The van der Waals surface area contributed by atoms with Gasteiger partial charge in [-0.3, -0.25) is 0 Å². The van der Waals surface area contributed by atoms with Gasteiger partial charge in [-0.15, -0.1) is 0 Å². The highest BCUT2D eigenvalue weighted by Gasteiger charge is 2.29. The van der Waals surface area contributed by atoms with Gasteiger partial charge in [0.05, 0.1) is 0 Å². The summed E-state index contributed by atoms with van der Waals surface area (Å²) in [6.07, 6.45) is 1.17. The van der Waals surface area contributed by atoms with E-state index in [4.69, 9.17) is 5.11 Å². The summed E-state index contributed by atoms with van der Waals surface area (Å²) in [5, 5.41) is 9.07. The van der Waals surface area contributed by atoms with E-state index >= 15 is 0 Å². The van der Waals surface area contributed by atoms with Crippen LogP contribution in [0.25, 0.3) is 0 Å². The summed E-state index contributed by atoms with van der Waals surface area (Å²) >= 11 is 0. The van der Waals surface area contributed by atoms with Crippen LogP contribution in [0.5, 0.6) is 0 Å². The quantitative estimate of drug-likeness (QED) is 0.831. The first kappa shape index (κ1) is 16.4. The van der Waals surface area contributed by atoms with E-state index in [9.17, 15) is 8.42 Å². The third kappa shape index (κ3) is 4.03. The second kappa shape index (κ2) is 6.87. The summed E-state index contributed by atoms with van der Waals surface area (Å²) in [6, 6.07) is 7.71. The molecule has 0 saturated heterocycles. The molecule has 1 aromatic rings. The van der Waals surface area contributed by atoms with Crippen molar-refractivity contribution in [3.63, 3.8) is 0 Å². The highest BCUT2D eigenvalue weighted by molar-refractivity contribution is 7.87. The van der Waals surface area contributed by atoms with Gasteiger partial charge in [-0.25, -0.2) is 0 Å². The van der Waals surface area contributed by atoms with Crippen molar-refractivity contribution in [2.75, 3.05) is 13.2 Å². The lowest BCUT2D eigenvalue weighted by molar-refractivity contribution is 0.253. The van der Waals surface area contributed by atoms with Gasteiger partial charge in [0.2, 0.25) is 0 Å². The van der Waals surface area contributed by atoms with Crippen molar-refractivity contribution >= 4 is 10.2 Å².